The number of oxazole rings is 1. The molecule has 55 heavy (non-hydrogen) atoms. The van der Waals surface area contributed by atoms with Crippen LogP contribution in [0.2, 0.25) is 0 Å². The van der Waals surface area contributed by atoms with Crippen molar-refractivity contribution in [1.82, 2.24) is 4.98 Å². The zero-order valence-electron chi connectivity index (χ0n) is 30.0. The highest BCUT2D eigenvalue weighted by Gasteiger charge is 2.37. The first kappa shape index (κ1) is 31.4. The Kier molecular flexibility index (Phi) is 7.27. The molecule has 0 spiro atoms. The molecule has 0 N–H and O–H groups in total. The number of hydrogen-bond donors (Lipinski definition) is 0. The smallest absolute Gasteiger partial charge is 0.227 e. The van der Waals surface area contributed by atoms with Crippen LogP contribution in [0, 0.1) is 0 Å². The molecule has 4 nitrogen and oxygen atoms in total. The number of allylic oxidation sites excluding steroid dienone is 2. The fourth-order valence-electron chi connectivity index (χ4n) is 8.68. The van der Waals surface area contributed by atoms with Crippen LogP contribution in [0.5, 0.6) is 0 Å². The van der Waals surface area contributed by atoms with Crippen LogP contribution < -0.4 is 9.80 Å². The predicted octanol–water partition coefficient (Wildman–Crippen LogP) is 13.7. The second-order valence-corrected chi connectivity index (χ2v) is 14.3. The first-order chi connectivity index (χ1) is 27.3. The standard InChI is InChI=1S/C51H35N3O/c1-4-14-34(15-5-1)41-20-10-11-22-44(41)51-52-46-31-27-36-25-24-35-26-28-39(32-45(35)49(36)50(46)55-51)53(37-16-6-2-7-17-37)40-29-30-43-42-21-12-13-23-47(42)54(48(43)33-40)38-18-8-3-9-19-38/h1-33,42,47H. The summed E-state index contributed by atoms with van der Waals surface area (Å²) in [4.78, 5) is 9.95. The van der Waals surface area contributed by atoms with Crippen molar-refractivity contribution in [3.8, 4) is 22.6 Å². The van der Waals surface area contributed by atoms with Crippen molar-refractivity contribution in [3.05, 3.63) is 206 Å². The van der Waals surface area contributed by atoms with Gasteiger partial charge in [-0.2, -0.15) is 0 Å². The van der Waals surface area contributed by atoms with Gasteiger partial charge in [0.25, 0.3) is 0 Å². The molecule has 2 unspecified atom stereocenters. The Bertz CT molecular complexity index is 2950. The fourth-order valence-corrected chi connectivity index (χ4v) is 8.68. The van der Waals surface area contributed by atoms with Crippen molar-refractivity contribution in [1.29, 1.82) is 0 Å². The first-order valence-corrected chi connectivity index (χ1v) is 18.9. The van der Waals surface area contributed by atoms with E-state index in [2.05, 4.69) is 198 Å². The average Bonchev–Trinajstić information content (AvgIpc) is 3.84. The van der Waals surface area contributed by atoms with Crippen LogP contribution in [0.25, 0.3) is 55.2 Å². The van der Waals surface area contributed by atoms with Gasteiger partial charge in [0, 0.05) is 45.3 Å². The number of aromatic nitrogens is 1. The minimum absolute atomic E-state index is 0.226. The van der Waals surface area contributed by atoms with E-state index in [1.165, 1.54) is 16.9 Å². The van der Waals surface area contributed by atoms with Crippen molar-refractivity contribution in [2.75, 3.05) is 9.80 Å². The largest absolute Gasteiger partial charge is 0.435 e. The second kappa shape index (κ2) is 12.8. The molecule has 11 rings (SSSR count). The van der Waals surface area contributed by atoms with Gasteiger partial charge in [-0.25, -0.2) is 4.98 Å². The van der Waals surface area contributed by atoms with Crippen LogP contribution >= 0.6 is 0 Å². The van der Waals surface area contributed by atoms with E-state index in [0.717, 1.165) is 66.4 Å². The highest BCUT2D eigenvalue weighted by molar-refractivity contribution is 6.18. The molecule has 1 aliphatic heterocycles. The maximum Gasteiger partial charge on any atom is 0.227 e. The van der Waals surface area contributed by atoms with Gasteiger partial charge in [0.05, 0.1) is 6.04 Å². The van der Waals surface area contributed by atoms with E-state index >= 15 is 0 Å². The molecule has 4 heteroatoms. The second-order valence-electron chi connectivity index (χ2n) is 14.3. The number of hydrogen-bond acceptors (Lipinski definition) is 4. The molecule has 0 bridgehead atoms. The predicted molar refractivity (Wildman–Crippen MR) is 228 cm³/mol. The molecule has 2 atom stereocenters. The zero-order chi connectivity index (χ0) is 36.3. The number of benzene rings is 8. The van der Waals surface area contributed by atoms with Gasteiger partial charge in [0.1, 0.15) is 5.52 Å². The lowest BCUT2D eigenvalue weighted by molar-refractivity contribution is 0.623. The quantitative estimate of drug-likeness (QED) is 0.161. The van der Waals surface area contributed by atoms with E-state index in [0.29, 0.717) is 11.8 Å². The Morgan fingerprint density at radius 2 is 1.20 bits per heavy atom. The summed E-state index contributed by atoms with van der Waals surface area (Å²) < 4.78 is 6.82. The number of nitrogens with zero attached hydrogens (tertiary/aromatic N) is 3. The van der Waals surface area contributed by atoms with E-state index < -0.39 is 0 Å². The van der Waals surface area contributed by atoms with Crippen LogP contribution in [-0.2, 0) is 0 Å². The summed E-state index contributed by atoms with van der Waals surface area (Å²) in [6.45, 7) is 0. The Labute approximate surface area is 319 Å². The van der Waals surface area contributed by atoms with Gasteiger partial charge in [0.2, 0.25) is 5.89 Å². The third-order valence-electron chi connectivity index (χ3n) is 11.2. The Hall–Kier alpha value is -7.17. The lowest BCUT2D eigenvalue weighted by atomic mass is 9.91. The van der Waals surface area contributed by atoms with Crippen LogP contribution in [-0.4, -0.2) is 11.0 Å². The monoisotopic (exact) mass is 705 g/mol. The summed E-state index contributed by atoms with van der Waals surface area (Å²) >= 11 is 0. The van der Waals surface area contributed by atoms with E-state index in [-0.39, 0.29) is 6.04 Å². The van der Waals surface area contributed by atoms with Gasteiger partial charge in [-0.1, -0.05) is 140 Å². The number of para-hydroxylation sites is 2. The Morgan fingerprint density at radius 1 is 0.545 bits per heavy atom. The van der Waals surface area contributed by atoms with Gasteiger partial charge in [0.15, 0.2) is 5.58 Å². The van der Waals surface area contributed by atoms with Gasteiger partial charge in [-0.3, -0.25) is 0 Å². The van der Waals surface area contributed by atoms with Crippen LogP contribution in [0.4, 0.5) is 28.4 Å². The molecule has 0 radical (unpaired) electrons. The third-order valence-corrected chi connectivity index (χ3v) is 11.2. The van der Waals surface area contributed by atoms with Crippen molar-refractivity contribution in [3.63, 3.8) is 0 Å². The lowest BCUT2D eigenvalue weighted by Crippen LogP contribution is -2.28. The Morgan fingerprint density at radius 3 is 2.04 bits per heavy atom. The molecule has 2 aliphatic rings. The summed E-state index contributed by atoms with van der Waals surface area (Å²) in [6, 6.07) is 62.8. The van der Waals surface area contributed by atoms with Crippen molar-refractivity contribution < 1.29 is 4.42 Å². The van der Waals surface area contributed by atoms with E-state index in [1.807, 2.05) is 12.1 Å². The highest BCUT2D eigenvalue weighted by atomic mass is 16.3. The summed E-state index contributed by atoms with van der Waals surface area (Å²) in [7, 11) is 0. The normalized spacial score (nSPS) is 15.8. The number of fused-ring (bicyclic) bond motifs is 8. The Balaban J connectivity index is 1.09. The number of anilines is 5. The van der Waals surface area contributed by atoms with Gasteiger partial charge >= 0.3 is 0 Å². The highest BCUT2D eigenvalue weighted by Crippen LogP contribution is 2.50. The minimum Gasteiger partial charge on any atom is -0.435 e. The van der Waals surface area contributed by atoms with E-state index in [4.69, 9.17) is 9.40 Å². The molecule has 0 saturated heterocycles. The maximum absolute atomic E-state index is 6.82. The van der Waals surface area contributed by atoms with Crippen LogP contribution in [0.1, 0.15) is 11.5 Å². The third kappa shape index (κ3) is 5.18. The van der Waals surface area contributed by atoms with Gasteiger partial charge in [-0.05, 0) is 93.5 Å². The molecule has 8 aromatic carbocycles. The summed E-state index contributed by atoms with van der Waals surface area (Å²) in [5.74, 6) is 0.910. The molecule has 0 fully saturated rings. The molecule has 260 valence electrons. The number of rotatable bonds is 6. The topological polar surface area (TPSA) is 32.5 Å². The lowest BCUT2D eigenvalue weighted by Gasteiger charge is -2.30. The van der Waals surface area contributed by atoms with E-state index in [9.17, 15) is 0 Å². The molecule has 1 aliphatic carbocycles. The van der Waals surface area contributed by atoms with Crippen molar-refractivity contribution in [2.45, 2.75) is 12.0 Å². The molecular formula is C51H35N3O. The maximum atomic E-state index is 6.82. The molecule has 0 saturated carbocycles. The zero-order valence-corrected chi connectivity index (χ0v) is 30.0. The average molecular weight is 706 g/mol. The summed E-state index contributed by atoms with van der Waals surface area (Å²) in [6.07, 6.45) is 9.03. The summed E-state index contributed by atoms with van der Waals surface area (Å²) in [5.41, 5.74) is 11.9. The van der Waals surface area contributed by atoms with Gasteiger partial charge < -0.3 is 14.2 Å². The van der Waals surface area contributed by atoms with Crippen LogP contribution in [0.15, 0.2) is 205 Å². The molecular weight excluding hydrogens is 671 g/mol. The van der Waals surface area contributed by atoms with Crippen molar-refractivity contribution >= 4 is 61.1 Å². The first-order valence-electron chi connectivity index (χ1n) is 18.9. The summed E-state index contributed by atoms with van der Waals surface area (Å²) in [5, 5.41) is 4.44. The SMILES string of the molecule is C1=CC2c3ccc(N(c4ccccc4)c4ccc5ccc6ccc7nc(-c8ccccc8-c8ccccc8)oc7c6c5c4)cc3N(c3ccccc3)C2C=C1. The van der Waals surface area contributed by atoms with Crippen LogP contribution in [0.3, 0.4) is 0 Å². The molecule has 1 aromatic heterocycles. The van der Waals surface area contributed by atoms with E-state index in [1.54, 1.807) is 0 Å². The molecule has 0 amide bonds. The molecule has 2 heterocycles. The van der Waals surface area contributed by atoms with Crippen molar-refractivity contribution in [2.24, 2.45) is 0 Å². The molecule has 9 aromatic rings. The minimum atomic E-state index is 0.226. The van der Waals surface area contributed by atoms with Gasteiger partial charge in [-0.15, -0.1) is 0 Å². The fraction of sp³-hybridized carbons (Fsp3) is 0.0392.